The molecule has 0 atom stereocenters. The van der Waals surface area contributed by atoms with Crippen LogP contribution in [-0.4, -0.2) is 5.91 Å². The fraction of sp³-hybridized carbons (Fsp3) is 0.118. The third-order valence-electron chi connectivity index (χ3n) is 2.91. The summed E-state index contributed by atoms with van der Waals surface area (Å²) in [7, 11) is 0. The molecule has 0 radical (unpaired) electrons. The lowest BCUT2D eigenvalue weighted by atomic mass is 10.1. The van der Waals surface area contributed by atoms with Crippen molar-refractivity contribution in [2.45, 2.75) is 13.5 Å². The molecule has 2 heteroatoms. The monoisotopic (exact) mass is 251 g/mol. The zero-order valence-electron chi connectivity index (χ0n) is 11.0. The number of benzene rings is 2. The molecule has 0 aromatic heterocycles. The molecule has 1 N–H and O–H groups in total. The van der Waals surface area contributed by atoms with Crippen LogP contribution in [0.1, 0.15) is 16.7 Å². The third kappa shape index (κ3) is 4.11. The summed E-state index contributed by atoms with van der Waals surface area (Å²) in [5.41, 5.74) is 3.33. The Morgan fingerprint density at radius 2 is 1.74 bits per heavy atom. The van der Waals surface area contributed by atoms with E-state index in [2.05, 4.69) is 5.32 Å². The second-order valence-electron chi connectivity index (χ2n) is 4.39. The van der Waals surface area contributed by atoms with E-state index in [1.54, 1.807) is 6.08 Å². The quantitative estimate of drug-likeness (QED) is 0.830. The van der Waals surface area contributed by atoms with Crippen LogP contribution >= 0.6 is 0 Å². The van der Waals surface area contributed by atoms with E-state index in [9.17, 15) is 4.79 Å². The van der Waals surface area contributed by atoms with Gasteiger partial charge in [0.1, 0.15) is 0 Å². The van der Waals surface area contributed by atoms with E-state index >= 15 is 0 Å². The van der Waals surface area contributed by atoms with Crippen LogP contribution in [0.2, 0.25) is 0 Å². The molecule has 0 saturated heterocycles. The summed E-state index contributed by atoms with van der Waals surface area (Å²) < 4.78 is 0. The van der Waals surface area contributed by atoms with E-state index in [4.69, 9.17) is 0 Å². The molecule has 0 aliphatic heterocycles. The molecule has 96 valence electrons. The number of nitrogens with one attached hydrogen (secondary N) is 1. The van der Waals surface area contributed by atoms with Crippen molar-refractivity contribution < 1.29 is 4.79 Å². The van der Waals surface area contributed by atoms with Crippen LogP contribution < -0.4 is 5.32 Å². The summed E-state index contributed by atoms with van der Waals surface area (Å²) in [6.45, 7) is 2.58. The molecule has 2 nitrogen and oxygen atoms in total. The molecular weight excluding hydrogens is 234 g/mol. The maximum absolute atomic E-state index is 11.7. The Morgan fingerprint density at radius 1 is 1.05 bits per heavy atom. The van der Waals surface area contributed by atoms with Crippen LogP contribution in [0.3, 0.4) is 0 Å². The molecule has 0 heterocycles. The predicted molar refractivity (Wildman–Crippen MR) is 78.5 cm³/mol. The van der Waals surface area contributed by atoms with E-state index in [0.717, 1.165) is 16.7 Å². The molecule has 2 rings (SSSR count). The van der Waals surface area contributed by atoms with Crippen LogP contribution in [0.4, 0.5) is 0 Å². The Bertz CT molecular complexity index is 573. The Balaban J connectivity index is 1.90. The number of hydrogen-bond acceptors (Lipinski definition) is 1. The SMILES string of the molecule is Cc1ccccc1/C=C/C(=O)NCc1ccccc1. The smallest absolute Gasteiger partial charge is 0.244 e. The van der Waals surface area contributed by atoms with Crippen molar-refractivity contribution >= 4 is 12.0 Å². The topological polar surface area (TPSA) is 29.1 Å². The van der Waals surface area contributed by atoms with Crippen molar-refractivity contribution in [3.63, 3.8) is 0 Å². The summed E-state index contributed by atoms with van der Waals surface area (Å²) in [5, 5.41) is 2.86. The van der Waals surface area contributed by atoms with Gasteiger partial charge in [0.05, 0.1) is 0 Å². The summed E-state index contributed by atoms with van der Waals surface area (Å²) in [6.07, 6.45) is 3.42. The highest BCUT2D eigenvalue weighted by Crippen LogP contribution is 2.08. The van der Waals surface area contributed by atoms with Gasteiger partial charge in [0.15, 0.2) is 0 Å². The molecule has 2 aromatic rings. The second kappa shape index (κ2) is 6.55. The maximum atomic E-state index is 11.7. The van der Waals surface area contributed by atoms with Gasteiger partial charge in [0.25, 0.3) is 0 Å². The maximum Gasteiger partial charge on any atom is 0.244 e. The number of hydrogen-bond donors (Lipinski definition) is 1. The molecule has 0 fully saturated rings. The summed E-state index contributed by atoms with van der Waals surface area (Å²) >= 11 is 0. The molecule has 0 bridgehead atoms. The minimum atomic E-state index is -0.0768. The van der Waals surface area contributed by atoms with Crippen molar-refractivity contribution in [1.29, 1.82) is 0 Å². The fourth-order valence-electron chi connectivity index (χ4n) is 1.78. The van der Waals surface area contributed by atoms with E-state index in [1.165, 1.54) is 0 Å². The first-order valence-electron chi connectivity index (χ1n) is 6.31. The molecule has 0 spiro atoms. The number of amides is 1. The number of aryl methyl sites for hydroxylation is 1. The highest BCUT2D eigenvalue weighted by atomic mass is 16.1. The standard InChI is InChI=1S/C17H17NO/c1-14-7-5-6-10-16(14)11-12-17(19)18-13-15-8-3-2-4-9-15/h2-12H,13H2,1H3,(H,18,19)/b12-11+. The predicted octanol–water partition coefficient (Wildman–Crippen LogP) is 3.32. The highest BCUT2D eigenvalue weighted by Gasteiger charge is 1.97. The van der Waals surface area contributed by atoms with Crippen molar-refractivity contribution in [3.8, 4) is 0 Å². The molecule has 0 aliphatic carbocycles. The second-order valence-corrected chi connectivity index (χ2v) is 4.39. The minimum Gasteiger partial charge on any atom is -0.348 e. The number of carbonyl (C=O) groups is 1. The van der Waals surface area contributed by atoms with Gasteiger partial charge in [-0.2, -0.15) is 0 Å². The van der Waals surface area contributed by atoms with Gasteiger partial charge in [-0.25, -0.2) is 0 Å². The Hall–Kier alpha value is -2.35. The van der Waals surface area contributed by atoms with Gasteiger partial charge in [-0.1, -0.05) is 54.6 Å². The molecular formula is C17H17NO. The van der Waals surface area contributed by atoms with Gasteiger partial charge >= 0.3 is 0 Å². The normalized spacial score (nSPS) is 10.6. The van der Waals surface area contributed by atoms with E-state index in [-0.39, 0.29) is 5.91 Å². The minimum absolute atomic E-state index is 0.0768. The summed E-state index contributed by atoms with van der Waals surface area (Å²) in [6, 6.07) is 17.9. The van der Waals surface area contributed by atoms with Gasteiger partial charge in [-0.3, -0.25) is 4.79 Å². The summed E-state index contributed by atoms with van der Waals surface area (Å²) in [4.78, 5) is 11.7. The molecule has 0 aliphatic rings. The molecule has 2 aromatic carbocycles. The molecule has 1 amide bonds. The average Bonchev–Trinajstić information content (AvgIpc) is 2.45. The first-order valence-corrected chi connectivity index (χ1v) is 6.31. The van der Waals surface area contributed by atoms with Crippen LogP contribution in [0.25, 0.3) is 6.08 Å². The first kappa shape index (κ1) is 13.1. The van der Waals surface area contributed by atoms with Gasteiger partial charge in [0.2, 0.25) is 5.91 Å². The lowest BCUT2D eigenvalue weighted by Gasteiger charge is -2.02. The van der Waals surface area contributed by atoms with Gasteiger partial charge in [0, 0.05) is 12.6 Å². The van der Waals surface area contributed by atoms with Gasteiger partial charge in [-0.05, 0) is 29.7 Å². The van der Waals surface area contributed by atoms with Crippen molar-refractivity contribution in [3.05, 3.63) is 77.4 Å². The van der Waals surface area contributed by atoms with Crippen LogP contribution in [-0.2, 0) is 11.3 Å². The third-order valence-corrected chi connectivity index (χ3v) is 2.91. The van der Waals surface area contributed by atoms with Crippen molar-refractivity contribution in [2.24, 2.45) is 0 Å². The largest absolute Gasteiger partial charge is 0.348 e. The number of carbonyl (C=O) groups excluding carboxylic acids is 1. The zero-order chi connectivity index (χ0) is 13.5. The Kier molecular flexibility index (Phi) is 4.51. The van der Waals surface area contributed by atoms with E-state index in [0.29, 0.717) is 6.54 Å². The van der Waals surface area contributed by atoms with Crippen LogP contribution in [0.15, 0.2) is 60.7 Å². The summed E-state index contributed by atoms with van der Waals surface area (Å²) in [5.74, 6) is -0.0768. The molecule has 0 unspecified atom stereocenters. The highest BCUT2D eigenvalue weighted by molar-refractivity contribution is 5.91. The Labute approximate surface area is 113 Å². The van der Waals surface area contributed by atoms with E-state index in [1.807, 2.05) is 67.6 Å². The zero-order valence-corrected chi connectivity index (χ0v) is 11.0. The lowest BCUT2D eigenvalue weighted by Crippen LogP contribution is -2.20. The Morgan fingerprint density at radius 3 is 2.47 bits per heavy atom. The molecule has 0 saturated carbocycles. The van der Waals surface area contributed by atoms with Crippen molar-refractivity contribution in [1.82, 2.24) is 5.32 Å². The average molecular weight is 251 g/mol. The van der Waals surface area contributed by atoms with E-state index < -0.39 is 0 Å². The number of rotatable bonds is 4. The van der Waals surface area contributed by atoms with Gasteiger partial charge < -0.3 is 5.32 Å². The van der Waals surface area contributed by atoms with Gasteiger partial charge in [-0.15, -0.1) is 0 Å². The fourth-order valence-corrected chi connectivity index (χ4v) is 1.78. The van der Waals surface area contributed by atoms with Crippen LogP contribution in [0.5, 0.6) is 0 Å². The lowest BCUT2D eigenvalue weighted by molar-refractivity contribution is -0.116. The first-order chi connectivity index (χ1) is 9.25. The van der Waals surface area contributed by atoms with Crippen molar-refractivity contribution in [2.75, 3.05) is 0 Å². The molecule has 19 heavy (non-hydrogen) atoms. The van der Waals surface area contributed by atoms with Crippen LogP contribution in [0, 0.1) is 6.92 Å².